The third kappa shape index (κ3) is 2.87. The number of hydrogen-bond donors (Lipinski definition) is 0. The summed E-state index contributed by atoms with van der Waals surface area (Å²) < 4.78 is 10.0. The summed E-state index contributed by atoms with van der Waals surface area (Å²) in [5, 5.41) is 0. The normalized spacial score (nSPS) is 11.1. The fourth-order valence-electron chi connectivity index (χ4n) is 1.84. The Labute approximate surface area is 105 Å². The van der Waals surface area contributed by atoms with E-state index >= 15 is 0 Å². The van der Waals surface area contributed by atoms with Gasteiger partial charge in [0.1, 0.15) is 5.52 Å². The molecule has 0 saturated heterocycles. The van der Waals surface area contributed by atoms with E-state index in [0.717, 1.165) is 16.7 Å². The van der Waals surface area contributed by atoms with Gasteiger partial charge in [0.05, 0.1) is 13.7 Å². The number of esters is 1. The van der Waals surface area contributed by atoms with Crippen molar-refractivity contribution in [2.45, 2.75) is 13.5 Å². The highest BCUT2D eigenvalue weighted by Gasteiger charge is 2.08. The van der Waals surface area contributed by atoms with Crippen molar-refractivity contribution in [1.82, 2.24) is 9.88 Å². The summed E-state index contributed by atoms with van der Waals surface area (Å²) in [4.78, 5) is 17.3. The molecule has 2 rings (SSSR count). The Kier molecular flexibility index (Phi) is 3.62. The molecule has 18 heavy (non-hydrogen) atoms. The van der Waals surface area contributed by atoms with Gasteiger partial charge in [-0.3, -0.25) is 9.69 Å². The minimum absolute atomic E-state index is 0.240. The summed E-state index contributed by atoms with van der Waals surface area (Å²) in [6, 6.07) is 5.84. The summed E-state index contributed by atoms with van der Waals surface area (Å²) in [5.41, 5.74) is 2.71. The number of fused-ring (bicyclic) bond motifs is 1. The van der Waals surface area contributed by atoms with E-state index in [2.05, 4.69) is 9.72 Å². The first-order valence-corrected chi connectivity index (χ1v) is 5.70. The monoisotopic (exact) mass is 248 g/mol. The van der Waals surface area contributed by atoms with Crippen LogP contribution in [0.25, 0.3) is 11.1 Å². The van der Waals surface area contributed by atoms with Crippen molar-refractivity contribution in [3.8, 4) is 0 Å². The molecule has 2 aromatic rings. The zero-order valence-electron chi connectivity index (χ0n) is 10.8. The number of hydrogen-bond acceptors (Lipinski definition) is 5. The number of carbonyl (C=O) groups is 1. The molecular weight excluding hydrogens is 232 g/mol. The van der Waals surface area contributed by atoms with Crippen molar-refractivity contribution in [2.75, 3.05) is 20.7 Å². The fourth-order valence-corrected chi connectivity index (χ4v) is 1.84. The van der Waals surface area contributed by atoms with E-state index in [1.807, 2.05) is 37.1 Å². The molecule has 96 valence electrons. The Morgan fingerprint density at radius 1 is 1.50 bits per heavy atom. The van der Waals surface area contributed by atoms with Gasteiger partial charge in [-0.2, -0.15) is 0 Å². The topological polar surface area (TPSA) is 55.6 Å². The van der Waals surface area contributed by atoms with Gasteiger partial charge in [-0.05, 0) is 24.7 Å². The third-order valence-corrected chi connectivity index (χ3v) is 2.64. The predicted octanol–water partition coefficient (Wildman–Crippen LogP) is 1.74. The van der Waals surface area contributed by atoms with E-state index in [1.165, 1.54) is 7.11 Å². The van der Waals surface area contributed by atoms with Crippen molar-refractivity contribution in [2.24, 2.45) is 0 Å². The molecule has 0 radical (unpaired) electrons. The molecule has 0 bridgehead atoms. The fraction of sp³-hybridized carbons (Fsp3) is 0.385. The Bertz CT molecular complexity index is 562. The lowest BCUT2D eigenvalue weighted by molar-refractivity contribution is -0.141. The van der Waals surface area contributed by atoms with E-state index in [9.17, 15) is 4.79 Å². The van der Waals surface area contributed by atoms with Gasteiger partial charge in [0, 0.05) is 13.5 Å². The number of methoxy groups -OCH3 is 1. The van der Waals surface area contributed by atoms with Crippen LogP contribution in [0.4, 0.5) is 0 Å². The molecule has 1 heterocycles. The van der Waals surface area contributed by atoms with Gasteiger partial charge in [0.15, 0.2) is 11.5 Å². The molecule has 0 unspecified atom stereocenters. The summed E-state index contributed by atoms with van der Waals surface area (Å²) in [6.07, 6.45) is 0. The summed E-state index contributed by atoms with van der Waals surface area (Å²) in [7, 11) is 3.26. The van der Waals surface area contributed by atoms with Gasteiger partial charge in [-0.1, -0.05) is 6.07 Å². The Balaban J connectivity index is 2.09. The summed E-state index contributed by atoms with van der Waals surface area (Å²) in [5.74, 6) is 0.418. The molecular formula is C13H16N2O3. The number of rotatable bonds is 4. The van der Waals surface area contributed by atoms with Crippen LogP contribution in [-0.2, 0) is 16.1 Å². The first-order chi connectivity index (χ1) is 8.58. The number of nitrogens with zero attached hydrogens (tertiary/aromatic N) is 2. The molecule has 0 aliphatic carbocycles. The first kappa shape index (κ1) is 12.6. The second-order valence-electron chi connectivity index (χ2n) is 4.28. The van der Waals surface area contributed by atoms with Crippen LogP contribution < -0.4 is 0 Å². The lowest BCUT2D eigenvalue weighted by Crippen LogP contribution is -2.26. The average Bonchev–Trinajstić information content (AvgIpc) is 2.68. The zero-order valence-corrected chi connectivity index (χ0v) is 10.8. The van der Waals surface area contributed by atoms with Crippen molar-refractivity contribution >= 4 is 17.1 Å². The number of aromatic nitrogens is 1. The Hall–Kier alpha value is -1.88. The maximum Gasteiger partial charge on any atom is 0.319 e. The second-order valence-corrected chi connectivity index (χ2v) is 4.28. The van der Waals surface area contributed by atoms with Gasteiger partial charge >= 0.3 is 5.97 Å². The molecule has 1 aromatic heterocycles. The zero-order chi connectivity index (χ0) is 13.1. The molecule has 0 aliphatic rings. The first-order valence-electron chi connectivity index (χ1n) is 5.70. The van der Waals surface area contributed by atoms with Crippen LogP contribution in [0.5, 0.6) is 0 Å². The second kappa shape index (κ2) is 5.18. The Morgan fingerprint density at radius 3 is 3.00 bits per heavy atom. The quantitative estimate of drug-likeness (QED) is 0.771. The standard InChI is InChI=1S/C13H16N2O3/c1-9-14-11-6-10(4-5-12(11)18-9)7-15(2)8-13(16)17-3/h4-6H,7-8H2,1-3H3. The summed E-state index contributed by atoms with van der Waals surface area (Å²) in [6.45, 7) is 2.76. The molecule has 5 nitrogen and oxygen atoms in total. The molecule has 0 saturated carbocycles. The predicted molar refractivity (Wildman–Crippen MR) is 67.1 cm³/mol. The maximum atomic E-state index is 11.1. The average molecular weight is 248 g/mol. The Morgan fingerprint density at radius 2 is 2.28 bits per heavy atom. The van der Waals surface area contributed by atoms with Crippen molar-refractivity contribution in [3.05, 3.63) is 29.7 Å². The van der Waals surface area contributed by atoms with Crippen LogP contribution >= 0.6 is 0 Å². The SMILES string of the molecule is COC(=O)CN(C)Cc1ccc2oc(C)nc2c1. The minimum Gasteiger partial charge on any atom is -0.468 e. The number of ether oxygens (including phenoxy) is 1. The van der Waals surface area contributed by atoms with Gasteiger partial charge in [-0.25, -0.2) is 4.98 Å². The summed E-state index contributed by atoms with van der Waals surface area (Å²) >= 11 is 0. The number of carbonyl (C=O) groups excluding carboxylic acids is 1. The van der Waals surface area contributed by atoms with Crippen molar-refractivity contribution < 1.29 is 13.9 Å². The van der Waals surface area contributed by atoms with E-state index in [0.29, 0.717) is 12.4 Å². The van der Waals surface area contributed by atoms with Crippen LogP contribution in [0.15, 0.2) is 22.6 Å². The molecule has 0 amide bonds. The van der Waals surface area contributed by atoms with Crippen LogP contribution in [0.1, 0.15) is 11.5 Å². The van der Waals surface area contributed by atoms with Crippen LogP contribution in [0.3, 0.4) is 0 Å². The van der Waals surface area contributed by atoms with Gasteiger partial charge in [0.25, 0.3) is 0 Å². The minimum atomic E-state index is -0.240. The molecule has 5 heteroatoms. The lowest BCUT2D eigenvalue weighted by atomic mass is 10.2. The van der Waals surface area contributed by atoms with Crippen LogP contribution in [0, 0.1) is 6.92 Å². The molecule has 0 spiro atoms. The number of likely N-dealkylation sites (N-methyl/N-ethyl adjacent to an activating group) is 1. The molecule has 1 aromatic carbocycles. The number of oxazole rings is 1. The van der Waals surface area contributed by atoms with E-state index in [4.69, 9.17) is 4.42 Å². The lowest BCUT2D eigenvalue weighted by Gasteiger charge is -2.14. The molecule has 0 fully saturated rings. The smallest absolute Gasteiger partial charge is 0.319 e. The van der Waals surface area contributed by atoms with Gasteiger partial charge in [-0.15, -0.1) is 0 Å². The largest absolute Gasteiger partial charge is 0.468 e. The highest BCUT2D eigenvalue weighted by Crippen LogP contribution is 2.17. The maximum absolute atomic E-state index is 11.1. The molecule has 0 aliphatic heterocycles. The van der Waals surface area contributed by atoms with Crippen molar-refractivity contribution in [3.63, 3.8) is 0 Å². The molecule has 0 atom stereocenters. The van der Waals surface area contributed by atoms with Crippen molar-refractivity contribution in [1.29, 1.82) is 0 Å². The van der Waals surface area contributed by atoms with Crippen LogP contribution in [-0.4, -0.2) is 36.6 Å². The van der Waals surface area contributed by atoms with Gasteiger partial charge in [0.2, 0.25) is 0 Å². The number of aryl methyl sites for hydroxylation is 1. The van der Waals surface area contributed by atoms with Crippen LogP contribution in [0.2, 0.25) is 0 Å². The van der Waals surface area contributed by atoms with Gasteiger partial charge < -0.3 is 9.15 Å². The van der Waals surface area contributed by atoms with E-state index < -0.39 is 0 Å². The third-order valence-electron chi connectivity index (χ3n) is 2.64. The highest BCUT2D eigenvalue weighted by atomic mass is 16.5. The van der Waals surface area contributed by atoms with E-state index in [-0.39, 0.29) is 12.5 Å². The molecule has 0 N–H and O–H groups in total. The number of benzene rings is 1. The highest BCUT2D eigenvalue weighted by molar-refractivity contribution is 5.73. The van der Waals surface area contributed by atoms with E-state index in [1.54, 1.807) is 0 Å².